The first-order chi connectivity index (χ1) is 6.16. The summed E-state index contributed by atoms with van der Waals surface area (Å²) in [4.78, 5) is 9.06. The molecule has 0 radical (unpaired) electrons. The summed E-state index contributed by atoms with van der Waals surface area (Å²) in [6.45, 7) is 4.29. The third kappa shape index (κ3) is 1.69. The van der Waals surface area contributed by atoms with Crippen LogP contribution in [0.2, 0.25) is 0 Å². The van der Waals surface area contributed by atoms with Gasteiger partial charge in [-0.1, -0.05) is 0 Å². The van der Waals surface area contributed by atoms with Crippen LogP contribution in [0, 0.1) is 6.92 Å². The maximum Gasteiger partial charge on any atom is 0.185 e. The Morgan fingerprint density at radius 3 is 2.69 bits per heavy atom. The van der Waals surface area contributed by atoms with Gasteiger partial charge in [0.1, 0.15) is 0 Å². The molecule has 0 aromatic carbocycles. The second-order valence-electron chi connectivity index (χ2n) is 3.79. The molecule has 0 spiro atoms. The summed E-state index contributed by atoms with van der Waals surface area (Å²) >= 11 is 1.74. The molecule has 0 N–H and O–H groups in total. The third-order valence-corrected chi connectivity index (χ3v) is 3.49. The van der Waals surface area contributed by atoms with Crippen LogP contribution in [-0.2, 0) is 0 Å². The number of aryl methyl sites for hydroxylation is 1. The number of nitrogens with zero attached hydrogens (tertiary/aromatic N) is 3. The van der Waals surface area contributed by atoms with Crippen molar-refractivity contribution < 1.29 is 0 Å². The van der Waals surface area contributed by atoms with Gasteiger partial charge in [0.2, 0.25) is 0 Å². The van der Waals surface area contributed by atoms with Crippen molar-refractivity contribution >= 4 is 16.5 Å². The van der Waals surface area contributed by atoms with Gasteiger partial charge in [-0.2, -0.15) is 0 Å². The van der Waals surface area contributed by atoms with Gasteiger partial charge >= 0.3 is 0 Å². The summed E-state index contributed by atoms with van der Waals surface area (Å²) in [6, 6.07) is 0.712. The standard InChI is InChI=1S/C9H15N3S/c1-7-6-13-9(10-7)12-4-8(5-12)11(2)3/h6,8H,4-5H2,1-3H3. The summed E-state index contributed by atoms with van der Waals surface area (Å²) < 4.78 is 0. The summed E-state index contributed by atoms with van der Waals surface area (Å²) in [5.74, 6) is 0. The molecule has 2 rings (SSSR count). The lowest BCUT2D eigenvalue weighted by molar-refractivity contribution is 0.247. The molecule has 13 heavy (non-hydrogen) atoms. The van der Waals surface area contributed by atoms with E-state index in [1.54, 1.807) is 11.3 Å². The highest BCUT2D eigenvalue weighted by atomic mass is 32.1. The number of hydrogen-bond acceptors (Lipinski definition) is 4. The molecule has 1 fully saturated rings. The fourth-order valence-corrected chi connectivity index (χ4v) is 2.25. The average Bonchev–Trinajstić information content (AvgIpc) is 2.31. The third-order valence-electron chi connectivity index (χ3n) is 2.47. The summed E-state index contributed by atoms with van der Waals surface area (Å²) in [7, 11) is 4.27. The highest BCUT2D eigenvalue weighted by molar-refractivity contribution is 7.13. The molecule has 1 aliphatic rings. The number of thiazole rings is 1. The van der Waals surface area contributed by atoms with Gasteiger partial charge in [-0.25, -0.2) is 4.98 Å². The Balaban J connectivity index is 1.93. The zero-order chi connectivity index (χ0) is 9.42. The van der Waals surface area contributed by atoms with Gasteiger partial charge < -0.3 is 9.80 Å². The Bertz CT molecular complexity index is 289. The summed E-state index contributed by atoms with van der Waals surface area (Å²) in [5, 5.41) is 3.29. The van der Waals surface area contributed by atoms with Crippen LogP contribution >= 0.6 is 11.3 Å². The fourth-order valence-electron chi connectivity index (χ4n) is 1.42. The van der Waals surface area contributed by atoms with E-state index in [1.807, 2.05) is 6.92 Å². The van der Waals surface area contributed by atoms with Crippen LogP contribution in [0.4, 0.5) is 5.13 Å². The first-order valence-electron chi connectivity index (χ1n) is 4.50. The molecule has 3 nitrogen and oxygen atoms in total. The van der Waals surface area contributed by atoms with E-state index in [9.17, 15) is 0 Å². The van der Waals surface area contributed by atoms with Crippen molar-refractivity contribution in [3.63, 3.8) is 0 Å². The van der Waals surface area contributed by atoms with E-state index in [1.165, 1.54) is 5.13 Å². The van der Waals surface area contributed by atoms with Crippen molar-refractivity contribution in [2.75, 3.05) is 32.1 Å². The van der Waals surface area contributed by atoms with Crippen molar-refractivity contribution in [3.05, 3.63) is 11.1 Å². The molecule has 1 aromatic heterocycles. The van der Waals surface area contributed by atoms with Crippen LogP contribution in [0.25, 0.3) is 0 Å². The van der Waals surface area contributed by atoms with E-state index in [-0.39, 0.29) is 0 Å². The zero-order valence-corrected chi connectivity index (χ0v) is 9.14. The molecular weight excluding hydrogens is 182 g/mol. The van der Waals surface area contributed by atoms with E-state index < -0.39 is 0 Å². The van der Waals surface area contributed by atoms with Crippen LogP contribution in [0.3, 0.4) is 0 Å². The maximum absolute atomic E-state index is 4.45. The van der Waals surface area contributed by atoms with E-state index in [0.717, 1.165) is 18.8 Å². The van der Waals surface area contributed by atoms with Gasteiger partial charge in [-0.05, 0) is 21.0 Å². The Hall–Kier alpha value is -0.610. The molecule has 0 bridgehead atoms. The normalized spacial score (nSPS) is 18.0. The van der Waals surface area contributed by atoms with Crippen LogP contribution < -0.4 is 4.90 Å². The minimum absolute atomic E-state index is 0.712. The maximum atomic E-state index is 4.45. The molecule has 2 heterocycles. The van der Waals surface area contributed by atoms with Crippen molar-refractivity contribution in [3.8, 4) is 0 Å². The second kappa shape index (κ2) is 3.27. The van der Waals surface area contributed by atoms with Crippen LogP contribution in [0.15, 0.2) is 5.38 Å². The van der Waals surface area contributed by atoms with Gasteiger partial charge in [0, 0.05) is 24.5 Å². The lowest BCUT2D eigenvalue weighted by Crippen LogP contribution is -2.57. The number of aromatic nitrogens is 1. The van der Waals surface area contributed by atoms with E-state index in [4.69, 9.17) is 0 Å². The molecule has 4 heteroatoms. The van der Waals surface area contributed by atoms with E-state index in [2.05, 4.69) is 34.3 Å². The van der Waals surface area contributed by atoms with Crippen molar-refractivity contribution in [1.82, 2.24) is 9.88 Å². The van der Waals surface area contributed by atoms with E-state index in [0.29, 0.717) is 6.04 Å². The Morgan fingerprint density at radius 1 is 1.54 bits per heavy atom. The molecule has 0 saturated carbocycles. The SMILES string of the molecule is Cc1csc(N2CC(N(C)C)C2)n1. The van der Waals surface area contributed by atoms with Crippen LogP contribution in [0.5, 0.6) is 0 Å². The molecular formula is C9H15N3S. The second-order valence-corrected chi connectivity index (χ2v) is 4.63. The fraction of sp³-hybridized carbons (Fsp3) is 0.667. The number of rotatable bonds is 2. The average molecular weight is 197 g/mol. The summed E-state index contributed by atoms with van der Waals surface area (Å²) in [6.07, 6.45) is 0. The van der Waals surface area contributed by atoms with Crippen LogP contribution in [-0.4, -0.2) is 43.1 Å². The minimum Gasteiger partial charge on any atom is -0.345 e. The van der Waals surface area contributed by atoms with Gasteiger partial charge in [0.25, 0.3) is 0 Å². The van der Waals surface area contributed by atoms with Crippen molar-refractivity contribution in [2.24, 2.45) is 0 Å². The highest BCUT2D eigenvalue weighted by Gasteiger charge is 2.29. The molecule has 0 unspecified atom stereocenters. The lowest BCUT2D eigenvalue weighted by Gasteiger charge is -2.42. The largest absolute Gasteiger partial charge is 0.345 e. The minimum atomic E-state index is 0.712. The van der Waals surface area contributed by atoms with Gasteiger partial charge in [0.05, 0.1) is 5.69 Å². The summed E-state index contributed by atoms with van der Waals surface area (Å²) in [5.41, 5.74) is 1.13. The van der Waals surface area contributed by atoms with Gasteiger partial charge in [-0.15, -0.1) is 11.3 Å². The Kier molecular flexibility index (Phi) is 2.26. The van der Waals surface area contributed by atoms with E-state index >= 15 is 0 Å². The number of hydrogen-bond donors (Lipinski definition) is 0. The topological polar surface area (TPSA) is 19.4 Å². The molecule has 1 aromatic rings. The molecule has 0 aliphatic carbocycles. The molecule has 1 aliphatic heterocycles. The van der Waals surface area contributed by atoms with Crippen molar-refractivity contribution in [2.45, 2.75) is 13.0 Å². The zero-order valence-electron chi connectivity index (χ0n) is 8.32. The molecule has 1 saturated heterocycles. The van der Waals surface area contributed by atoms with Gasteiger partial charge in [-0.3, -0.25) is 0 Å². The Labute approximate surface area is 83.0 Å². The van der Waals surface area contributed by atoms with Crippen LogP contribution in [0.1, 0.15) is 5.69 Å². The molecule has 0 amide bonds. The molecule has 0 atom stereocenters. The Morgan fingerprint density at radius 2 is 2.23 bits per heavy atom. The quantitative estimate of drug-likeness (QED) is 0.710. The number of likely N-dealkylation sites (N-methyl/N-ethyl adjacent to an activating group) is 1. The first-order valence-corrected chi connectivity index (χ1v) is 5.38. The van der Waals surface area contributed by atoms with Crippen molar-refractivity contribution in [1.29, 1.82) is 0 Å². The highest BCUT2D eigenvalue weighted by Crippen LogP contribution is 2.25. The predicted octanol–water partition coefficient (Wildman–Crippen LogP) is 1.20. The first kappa shape index (κ1) is 8.97. The van der Waals surface area contributed by atoms with Gasteiger partial charge in [0.15, 0.2) is 5.13 Å². The predicted molar refractivity (Wildman–Crippen MR) is 56.5 cm³/mol. The smallest absolute Gasteiger partial charge is 0.185 e. The molecule has 72 valence electrons. The monoisotopic (exact) mass is 197 g/mol. The lowest BCUT2D eigenvalue weighted by atomic mass is 10.1. The number of anilines is 1.